The van der Waals surface area contributed by atoms with E-state index in [0.717, 1.165) is 11.3 Å². The van der Waals surface area contributed by atoms with E-state index in [9.17, 15) is 4.79 Å². The molecule has 2 unspecified atom stereocenters. The highest BCUT2D eigenvalue weighted by Gasteiger charge is 2.26. The van der Waals surface area contributed by atoms with Crippen molar-refractivity contribution in [1.82, 2.24) is 9.88 Å². The summed E-state index contributed by atoms with van der Waals surface area (Å²) in [6.07, 6.45) is 3.60. The molecular weight excluding hydrogens is 330 g/mol. The Morgan fingerprint density at radius 2 is 1.96 bits per heavy atom. The zero-order valence-electron chi connectivity index (χ0n) is 15.5. The van der Waals surface area contributed by atoms with Crippen LogP contribution in [-0.4, -0.2) is 34.4 Å². The number of amides is 1. The first-order chi connectivity index (χ1) is 11.9. The van der Waals surface area contributed by atoms with Crippen LogP contribution in [0.5, 0.6) is 0 Å². The van der Waals surface area contributed by atoms with Crippen molar-refractivity contribution >= 4 is 22.4 Å². The van der Waals surface area contributed by atoms with Crippen molar-refractivity contribution in [3.8, 4) is 11.3 Å². The van der Waals surface area contributed by atoms with Gasteiger partial charge in [-0.2, -0.15) is 0 Å². The number of nitrogens with one attached hydrogen (secondary N) is 1. The first kappa shape index (κ1) is 18.1. The van der Waals surface area contributed by atoms with Crippen LogP contribution in [0.15, 0.2) is 23.6 Å². The number of hydrogen-bond donors (Lipinski definition) is 1. The van der Waals surface area contributed by atoms with E-state index in [1.807, 2.05) is 5.38 Å². The van der Waals surface area contributed by atoms with Gasteiger partial charge in [-0.3, -0.25) is 9.69 Å². The van der Waals surface area contributed by atoms with E-state index in [1.165, 1.54) is 41.7 Å². The van der Waals surface area contributed by atoms with Crippen molar-refractivity contribution < 1.29 is 4.79 Å². The molecule has 3 rings (SSSR count). The average Bonchev–Trinajstić information content (AvgIpc) is 3.02. The number of aromatic nitrogens is 1. The molecule has 0 saturated carbocycles. The van der Waals surface area contributed by atoms with Gasteiger partial charge in [-0.05, 0) is 57.7 Å². The van der Waals surface area contributed by atoms with Crippen molar-refractivity contribution in [2.45, 2.75) is 59.0 Å². The Morgan fingerprint density at radius 3 is 2.64 bits per heavy atom. The topological polar surface area (TPSA) is 45.2 Å². The molecule has 0 radical (unpaired) electrons. The van der Waals surface area contributed by atoms with Gasteiger partial charge >= 0.3 is 0 Å². The molecule has 1 amide bonds. The number of rotatable bonds is 4. The van der Waals surface area contributed by atoms with Crippen LogP contribution in [0, 0.1) is 13.8 Å². The lowest BCUT2D eigenvalue weighted by Gasteiger charge is -2.38. The van der Waals surface area contributed by atoms with E-state index in [2.05, 4.69) is 61.1 Å². The quantitative estimate of drug-likeness (QED) is 0.868. The fourth-order valence-corrected chi connectivity index (χ4v) is 4.21. The number of benzene rings is 1. The first-order valence-electron chi connectivity index (χ1n) is 9.03. The summed E-state index contributed by atoms with van der Waals surface area (Å²) in [6, 6.07) is 7.28. The Kier molecular flexibility index (Phi) is 5.54. The van der Waals surface area contributed by atoms with Crippen LogP contribution >= 0.6 is 11.3 Å². The van der Waals surface area contributed by atoms with Crippen LogP contribution in [-0.2, 0) is 4.79 Å². The highest BCUT2D eigenvalue weighted by Crippen LogP contribution is 2.27. The summed E-state index contributed by atoms with van der Waals surface area (Å²) >= 11 is 1.48. The van der Waals surface area contributed by atoms with Crippen LogP contribution < -0.4 is 5.32 Å². The van der Waals surface area contributed by atoms with E-state index in [0.29, 0.717) is 23.8 Å². The van der Waals surface area contributed by atoms with Crippen LogP contribution in [0.3, 0.4) is 0 Å². The third-order valence-electron chi connectivity index (χ3n) is 5.26. The van der Waals surface area contributed by atoms with Gasteiger partial charge in [-0.25, -0.2) is 4.98 Å². The number of nitrogens with zero attached hydrogens (tertiary/aromatic N) is 2. The normalized spacial score (nSPS) is 21.3. The molecule has 2 heterocycles. The molecule has 5 heteroatoms. The lowest BCUT2D eigenvalue weighted by atomic mass is 9.97. The van der Waals surface area contributed by atoms with Crippen molar-refractivity contribution in [2.75, 3.05) is 11.9 Å². The molecule has 134 valence electrons. The number of anilines is 1. The molecule has 1 saturated heterocycles. The Balaban J connectivity index is 1.64. The molecule has 0 aliphatic carbocycles. The van der Waals surface area contributed by atoms with Crippen molar-refractivity contribution in [3.63, 3.8) is 0 Å². The molecule has 0 bridgehead atoms. The monoisotopic (exact) mass is 357 g/mol. The molecule has 1 aromatic carbocycles. The van der Waals surface area contributed by atoms with Gasteiger partial charge in [-0.1, -0.05) is 18.6 Å². The molecule has 1 aliphatic heterocycles. The largest absolute Gasteiger partial charge is 0.301 e. The van der Waals surface area contributed by atoms with Crippen molar-refractivity contribution in [2.24, 2.45) is 0 Å². The molecule has 1 fully saturated rings. The minimum Gasteiger partial charge on any atom is -0.301 e. The fraction of sp³-hybridized carbons (Fsp3) is 0.500. The number of thiazole rings is 1. The zero-order valence-corrected chi connectivity index (χ0v) is 16.3. The minimum atomic E-state index is 0.0292. The third kappa shape index (κ3) is 4.28. The van der Waals surface area contributed by atoms with Gasteiger partial charge in [0.05, 0.1) is 12.2 Å². The van der Waals surface area contributed by atoms with Crippen molar-refractivity contribution in [3.05, 3.63) is 34.7 Å². The number of aryl methyl sites for hydroxylation is 2. The molecular formula is C20H27N3OS. The number of carbonyl (C=O) groups is 1. The van der Waals surface area contributed by atoms with E-state index in [-0.39, 0.29) is 5.91 Å². The van der Waals surface area contributed by atoms with Gasteiger partial charge in [-0.15, -0.1) is 11.3 Å². The van der Waals surface area contributed by atoms with E-state index >= 15 is 0 Å². The molecule has 1 aliphatic rings. The van der Waals surface area contributed by atoms with Gasteiger partial charge in [0.1, 0.15) is 0 Å². The van der Waals surface area contributed by atoms with Crippen LogP contribution in [0.2, 0.25) is 0 Å². The number of likely N-dealkylation sites (tertiary alicyclic amines) is 1. The maximum atomic E-state index is 12.4. The second-order valence-corrected chi connectivity index (χ2v) is 8.04. The van der Waals surface area contributed by atoms with Gasteiger partial charge in [0, 0.05) is 23.0 Å². The molecule has 1 aromatic heterocycles. The van der Waals surface area contributed by atoms with E-state index in [4.69, 9.17) is 0 Å². The Labute approximate surface area is 154 Å². The molecule has 4 nitrogen and oxygen atoms in total. The second-order valence-electron chi connectivity index (χ2n) is 7.19. The first-order valence-corrected chi connectivity index (χ1v) is 9.90. The Bertz CT molecular complexity index is 745. The van der Waals surface area contributed by atoms with Crippen LogP contribution in [0.25, 0.3) is 11.3 Å². The Hall–Kier alpha value is -1.72. The predicted molar refractivity (Wildman–Crippen MR) is 105 cm³/mol. The molecule has 2 aromatic rings. The number of hydrogen-bond acceptors (Lipinski definition) is 4. The lowest BCUT2D eigenvalue weighted by Crippen LogP contribution is -2.47. The average molecular weight is 358 g/mol. The maximum Gasteiger partial charge on any atom is 0.240 e. The van der Waals surface area contributed by atoms with E-state index < -0.39 is 0 Å². The molecule has 25 heavy (non-hydrogen) atoms. The smallest absolute Gasteiger partial charge is 0.240 e. The summed E-state index contributed by atoms with van der Waals surface area (Å²) in [4.78, 5) is 19.3. The minimum absolute atomic E-state index is 0.0292. The van der Waals surface area contributed by atoms with Gasteiger partial charge in [0.25, 0.3) is 0 Å². The standard InChI is InChI=1S/C20H27N3OS/c1-13-8-9-17(10-14(13)2)18-12-25-20(21-18)22-19(24)11-23-15(3)6-5-7-16(23)4/h8-10,12,15-16H,5-7,11H2,1-4H3,(H,21,22,24). The molecule has 0 spiro atoms. The highest BCUT2D eigenvalue weighted by molar-refractivity contribution is 7.14. The third-order valence-corrected chi connectivity index (χ3v) is 6.01. The number of piperidine rings is 1. The molecule has 2 atom stereocenters. The second kappa shape index (κ2) is 7.67. The SMILES string of the molecule is Cc1ccc(-c2csc(NC(=O)CN3C(C)CCCC3C)n2)cc1C. The zero-order chi connectivity index (χ0) is 18.0. The van der Waals surface area contributed by atoms with Gasteiger partial charge in [0.15, 0.2) is 5.13 Å². The summed E-state index contributed by atoms with van der Waals surface area (Å²) in [5.74, 6) is 0.0292. The maximum absolute atomic E-state index is 12.4. The summed E-state index contributed by atoms with van der Waals surface area (Å²) in [6.45, 7) is 9.08. The Morgan fingerprint density at radius 1 is 1.24 bits per heavy atom. The van der Waals surface area contributed by atoms with Gasteiger partial charge in [0.2, 0.25) is 5.91 Å². The predicted octanol–water partition coefficient (Wildman–Crippen LogP) is 4.63. The van der Waals surface area contributed by atoms with E-state index in [1.54, 1.807) is 0 Å². The van der Waals surface area contributed by atoms with Crippen LogP contribution in [0.1, 0.15) is 44.2 Å². The molecule has 1 N–H and O–H groups in total. The lowest BCUT2D eigenvalue weighted by molar-refractivity contribution is -0.118. The number of carbonyl (C=O) groups excluding carboxylic acids is 1. The summed E-state index contributed by atoms with van der Waals surface area (Å²) in [5, 5.41) is 5.66. The summed E-state index contributed by atoms with van der Waals surface area (Å²) in [7, 11) is 0. The van der Waals surface area contributed by atoms with Crippen LogP contribution in [0.4, 0.5) is 5.13 Å². The highest BCUT2D eigenvalue weighted by atomic mass is 32.1. The van der Waals surface area contributed by atoms with Gasteiger partial charge < -0.3 is 5.32 Å². The fourth-order valence-electron chi connectivity index (χ4n) is 3.48. The summed E-state index contributed by atoms with van der Waals surface area (Å²) in [5.41, 5.74) is 4.54. The van der Waals surface area contributed by atoms with Crippen molar-refractivity contribution in [1.29, 1.82) is 0 Å². The summed E-state index contributed by atoms with van der Waals surface area (Å²) < 4.78 is 0.